The number of carbonyl (C=O) groups excluding carboxylic acids is 1. The van der Waals surface area contributed by atoms with Crippen molar-refractivity contribution in [3.05, 3.63) is 23.9 Å². The van der Waals surface area contributed by atoms with Crippen LogP contribution >= 0.6 is 0 Å². The van der Waals surface area contributed by atoms with E-state index >= 15 is 0 Å². The second kappa shape index (κ2) is 6.04. The number of pyridine rings is 1. The molecule has 0 aromatic carbocycles. The minimum atomic E-state index is -0.0121. The van der Waals surface area contributed by atoms with Crippen LogP contribution in [0.1, 0.15) is 43.5 Å². The first-order valence-electron chi connectivity index (χ1n) is 7.04. The fourth-order valence-corrected chi connectivity index (χ4v) is 2.62. The summed E-state index contributed by atoms with van der Waals surface area (Å²) in [5.41, 5.74) is 0.630. The van der Waals surface area contributed by atoms with Gasteiger partial charge in [-0.15, -0.1) is 0 Å². The fraction of sp³-hybridized carbons (Fsp3) is 0.600. The molecule has 2 rings (SSSR count). The second-order valence-electron chi connectivity index (χ2n) is 5.62. The van der Waals surface area contributed by atoms with E-state index in [0.717, 1.165) is 24.6 Å². The molecule has 19 heavy (non-hydrogen) atoms. The van der Waals surface area contributed by atoms with Gasteiger partial charge in [0.2, 0.25) is 0 Å². The smallest absolute Gasteiger partial charge is 0.253 e. The summed E-state index contributed by atoms with van der Waals surface area (Å²) in [7, 11) is 1.81. The molecule has 4 nitrogen and oxygen atoms in total. The zero-order chi connectivity index (χ0) is 13.8. The van der Waals surface area contributed by atoms with Crippen molar-refractivity contribution in [2.45, 2.75) is 39.2 Å². The van der Waals surface area contributed by atoms with Crippen LogP contribution in [0.2, 0.25) is 0 Å². The van der Waals surface area contributed by atoms with Gasteiger partial charge in [-0.2, -0.15) is 0 Å². The van der Waals surface area contributed by atoms with Crippen LogP contribution < -0.4 is 10.6 Å². The third kappa shape index (κ3) is 3.46. The summed E-state index contributed by atoms with van der Waals surface area (Å²) in [4.78, 5) is 16.3. The lowest BCUT2D eigenvalue weighted by Gasteiger charge is -2.32. The van der Waals surface area contributed by atoms with Crippen LogP contribution in [0.3, 0.4) is 0 Å². The maximum absolute atomic E-state index is 12.1. The number of rotatable bonds is 3. The van der Waals surface area contributed by atoms with Crippen molar-refractivity contribution in [3.8, 4) is 0 Å². The highest BCUT2D eigenvalue weighted by molar-refractivity contribution is 5.94. The predicted molar refractivity (Wildman–Crippen MR) is 77.2 cm³/mol. The fourth-order valence-electron chi connectivity index (χ4n) is 2.62. The number of hydrogen-bond acceptors (Lipinski definition) is 3. The van der Waals surface area contributed by atoms with Crippen molar-refractivity contribution in [1.29, 1.82) is 0 Å². The standard InChI is InChI=1S/C15H23N3O/c1-10-4-6-13(8-11(10)2)18-15(19)12-5-7-14(16-3)17-9-12/h5,7,9-11,13H,4,6,8H2,1-3H3,(H,16,17)(H,18,19). The molecule has 1 aromatic rings. The van der Waals surface area contributed by atoms with Gasteiger partial charge in [0.15, 0.2) is 0 Å². The zero-order valence-electron chi connectivity index (χ0n) is 11.9. The van der Waals surface area contributed by atoms with Crippen molar-refractivity contribution >= 4 is 11.7 Å². The van der Waals surface area contributed by atoms with Crippen molar-refractivity contribution in [1.82, 2.24) is 10.3 Å². The maximum atomic E-state index is 12.1. The Morgan fingerprint density at radius 2 is 2.05 bits per heavy atom. The number of aromatic nitrogens is 1. The molecule has 3 atom stereocenters. The van der Waals surface area contributed by atoms with Crippen molar-refractivity contribution < 1.29 is 4.79 Å². The highest BCUT2D eigenvalue weighted by Crippen LogP contribution is 2.29. The van der Waals surface area contributed by atoms with Gasteiger partial charge in [-0.25, -0.2) is 4.98 Å². The third-order valence-corrected chi connectivity index (χ3v) is 4.22. The van der Waals surface area contributed by atoms with Gasteiger partial charge < -0.3 is 10.6 Å². The van der Waals surface area contributed by atoms with Crippen molar-refractivity contribution in [3.63, 3.8) is 0 Å². The van der Waals surface area contributed by atoms with Gasteiger partial charge in [0, 0.05) is 19.3 Å². The lowest BCUT2D eigenvalue weighted by atomic mass is 9.79. The largest absolute Gasteiger partial charge is 0.373 e. The Hall–Kier alpha value is -1.58. The van der Waals surface area contributed by atoms with Gasteiger partial charge in [-0.3, -0.25) is 4.79 Å². The van der Waals surface area contributed by atoms with Gasteiger partial charge in [-0.05, 0) is 43.2 Å². The van der Waals surface area contributed by atoms with E-state index in [0.29, 0.717) is 17.5 Å². The quantitative estimate of drug-likeness (QED) is 0.879. The monoisotopic (exact) mass is 261 g/mol. The summed E-state index contributed by atoms with van der Waals surface area (Å²) in [6, 6.07) is 3.94. The Kier molecular flexibility index (Phi) is 4.40. The van der Waals surface area contributed by atoms with E-state index in [4.69, 9.17) is 0 Å². The highest BCUT2D eigenvalue weighted by atomic mass is 16.1. The van der Waals surface area contributed by atoms with Crippen LogP contribution in [0.15, 0.2) is 18.3 Å². The second-order valence-corrected chi connectivity index (χ2v) is 5.62. The van der Waals surface area contributed by atoms with E-state index in [2.05, 4.69) is 29.5 Å². The van der Waals surface area contributed by atoms with E-state index in [1.54, 1.807) is 6.20 Å². The molecule has 1 saturated carbocycles. The van der Waals surface area contributed by atoms with Crippen LogP contribution in [0, 0.1) is 11.8 Å². The van der Waals surface area contributed by atoms with Crippen LogP contribution in [0.5, 0.6) is 0 Å². The molecular weight excluding hydrogens is 238 g/mol. The normalized spacial score (nSPS) is 26.8. The van der Waals surface area contributed by atoms with Crippen LogP contribution in [-0.2, 0) is 0 Å². The van der Waals surface area contributed by atoms with Crippen molar-refractivity contribution in [2.75, 3.05) is 12.4 Å². The Labute approximate surface area is 115 Å². The average molecular weight is 261 g/mol. The molecule has 1 amide bonds. The number of hydrogen-bond donors (Lipinski definition) is 2. The van der Waals surface area contributed by atoms with Gasteiger partial charge in [0.1, 0.15) is 5.82 Å². The number of nitrogens with one attached hydrogen (secondary N) is 2. The number of amides is 1. The van der Waals surface area contributed by atoms with E-state index in [1.165, 1.54) is 6.42 Å². The van der Waals surface area contributed by atoms with E-state index in [1.807, 2.05) is 19.2 Å². The maximum Gasteiger partial charge on any atom is 0.253 e. The molecule has 1 aromatic heterocycles. The van der Waals surface area contributed by atoms with Gasteiger partial charge in [0.25, 0.3) is 5.91 Å². The predicted octanol–water partition coefficient (Wildman–Crippen LogP) is 2.68. The number of anilines is 1. The molecule has 0 radical (unpaired) electrons. The first-order chi connectivity index (χ1) is 9.10. The molecule has 0 aliphatic heterocycles. The highest BCUT2D eigenvalue weighted by Gasteiger charge is 2.25. The van der Waals surface area contributed by atoms with Gasteiger partial charge >= 0.3 is 0 Å². The Bertz CT molecular complexity index is 430. The zero-order valence-corrected chi connectivity index (χ0v) is 11.9. The molecule has 2 N–H and O–H groups in total. The molecule has 1 heterocycles. The van der Waals surface area contributed by atoms with Gasteiger partial charge in [0.05, 0.1) is 5.56 Å². The average Bonchev–Trinajstić information content (AvgIpc) is 2.43. The van der Waals surface area contributed by atoms with Crippen LogP contribution in [-0.4, -0.2) is 24.0 Å². The third-order valence-electron chi connectivity index (χ3n) is 4.22. The molecule has 1 aliphatic carbocycles. The molecule has 1 fully saturated rings. The first-order valence-corrected chi connectivity index (χ1v) is 7.04. The SMILES string of the molecule is CNc1ccc(C(=O)NC2CCC(C)C(C)C2)cn1. The Balaban J connectivity index is 1.93. The Morgan fingerprint density at radius 1 is 1.26 bits per heavy atom. The number of nitrogens with zero attached hydrogens (tertiary/aromatic N) is 1. The van der Waals surface area contributed by atoms with E-state index in [-0.39, 0.29) is 5.91 Å². The molecule has 1 aliphatic rings. The topological polar surface area (TPSA) is 54.0 Å². The van der Waals surface area contributed by atoms with Gasteiger partial charge in [-0.1, -0.05) is 13.8 Å². The lowest BCUT2D eigenvalue weighted by Crippen LogP contribution is -2.39. The summed E-state index contributed by atoms with van der Waals surface area (Å²) in [5.74, 6) is 2.21. The minimum Gasteiger partial charge on any atom is -0.373 e. The molecular formula is C15H23N3O. The van der Waals surface area contributed by atoms with E-state index < -0.39 is 0 Å². The van der Waals surface area contributed by atoms with Crippen molar-refractivity contribution in [2.24, 2.45) is 11.8 Å². The first kappa shape index (κ1) is 13.8. The molecule has 0 bridgehead atoms. The lowest BCUT2D eigenvalue weighted by molar-refractivity contribution is 0.0910. The minimum absolute atomic E-state index is 0.0121. The van der Waals surface area contributed by atoms with Crippen LogP contribution in [0.25, 0.3) is 0 Å². The summed E-state index contributed by atoms with van der Waals surface area (Å²) >= 11 is 0. The van der Waals surface area contributed by atoms with E-state index in [9.17, 15) is 4.79 Å². The molecule has 0 spiro atoms. The summed E-state index contributed by atoms with van der Waals surface area (Å²) in [5, 5.41) is 6.07. The molecule has 104 valence electrons. The summed E-state index contributed by atoms with van der Waals surface area (Å²) < 4.78 is 0. The molecule has 0 saturated heterocycles. The Morgan fingerprint density at radius 3 is 2.63 bits per heavy atom. The summed E-state index contributed by atoms with van der Waals surface area (Å²) in [6.45, 7) is 4.56. The molecule has 4 heteroatoms. The molecule has 3 unspecified atom stereocenters. The summed E-state index contributed by atoms with van der Waals surface area (Å²) in [6.07, 6.45) is 4.98. The van der Waals surface area contributed by atoms with Crippen LogP contribution in [0.4, 0.5) is 5.82 Å². The number of carbonyl (C=O) groups is 1.